The van der Waals surface area contributed by atoms with Crippen molar-refractivity contribution in [1.82, 2.24) is 0 Å². The van der Waals surface area contributed by atoms with Gasteiger partial charge in [-0.3, -0.25) is 14.5 Å². The quantitative estimate of drug-likeness (QED) is 0.243. The molecule has 9 heteroatoms. The monoisotopic (exact) mass is 523 g/mol. The maximum Gasteiger partial charge on any atom is 0.300 e. The zero-order valence-electron chi connectivity index (χ0n) is 20.7. The normalized spacial score (nSPS) is 16.7. The number of ketones is 1. The van der Waals surface area contributed by atoms with E-state index >= 15 is 0 Å². The topological polar surface area (TPSA) is 106 Å². The number of aryl methyl sites for hydroxylation is 1. The van der Waals surface area contributed by atoms with Crippen LogP contribution in [0.5, 0.6) is 23.0 Å². The van der Waals surface area contributed by atoms with Crippen LogP contribution in [0.3, 0.4) is 0 Å². The van der Waals surface area contributed by atoms with Crippen molar-refractivity contribution in [1.29, 1.82) is 0 Å². The van der Waals surface area contributed by atoms with Gasteiger partial charge in [-0.05, 0) is 67.4 Å². The number of phenolic OH excluding ortho intramolecular Hbond substituents is 1. The van der Waals surface area contributed by atoms with E-state index in [4.69, 9.17) is 25.8 Å². The molecule has 3 aromatic rings. The van der Waals surface area contributed by atoms with Crippen molar-refractivity contribution >= 4 is 34.7 Å². The van der Waals surface area contributed by atoms with Gasteiger partial charge in [0.2, 0.25) is 0 Å². The van der Waals surface area contributed by atoms with Crippen LogP contribution >= 0.6 is 11.6 Å². The Morgan fingerprint density at radius 1 is 0.973 bits per heavy atom. The molecule has 1 fully saturated rings. The molecule has 192 valence electrons. The Bertz CT molecular complexity index is 1420. The molecule has 1 saturated heterocycles. The molecule has 4 rings (SSSR count). The lowest BCUT2D eigenvalue weighted by molar-refractivity contribution is -0.132. The van der Waals surface area contributed by atoms with Crippen molar-refractivity contribution in [3.05, 3.63) is 81.9 Å². The fourth-order valence-electron chi connectivity index (χ4n) is 4.36. The molecule has 0 spiro atoms. The van der Waals surface area contributed by atoms with Crippen molar-refractivity contribution in [2.45, 2.75) is 19.9 Å². The summed E-state index contributed by atoms with van der Waals surface area (Å²) in [5, 5.41) is 22.4. The third-order valence-electron chi connectivity index (χ3n) is 6.05. The molecule has 1 aliphatic heterocycles. The maximum atomic E-state index is 13.5. The van der Waals surface area contributed by atoms with E-state index in [9.17, 15) is 19.8 Å². The molecule has 1 amide bonds. The van der Waals surface area contributed by atoms with Gasteiger partial charge in [0.25, 0.3) is 11.7 Å². The SMILES string of the molecule is CCOc1cc(C2/C(=C(\O)c3cc(Cl)ccc3OC)C(=O)C(=O)N2c2cc(C)ccc2O)ccc1OC. The van der Waals surface area contributed by atoms with E-state index in [0.29, 0.717) is 28.7 Å². The van der Waals surface area contributed by atoms with Crippen LogP contribution in [0.4, 0.5) is 5.69 Å². The molecule has 0 aliphatic carbocycles. The van der Waals surface area contributed by atoms with E-state index in [1.807, 2.05) is 6.92 Å². The molecule has 0 aromatic heterocycles. The van der Waals surface area contributed by atoms with Crippen LogP contribution in [0.15, 0.2) is 60.2 Å². The number of nitrogens with zero attached hydrogens (tertiary/aromatic N) is 1. The van der Waals surface area contributed by atoms with Gasteiger partial charge in [0.1, 0.15) is 17.3 Å². The molecular formula is C28H26ClNO7. The fourth-order valence-corrected chi connectivity index (χ4v) is 4.54. The second-order valence-electron chi connectivity index (χ2n) is 8.35. The molecular weight excluding hydrogens is 498 g/mol. The average Bonchev–Trinajstić information content (AvgIpc) is 3.15. The molecule has 0 radical (unpaired) electrons. The third-order valence-corrected chi connectivity index (χ3v) is 6.29. The first-order valence-electron chi connectivity index (χ1n) is 11.5. The Balaban J connectivity index is 2.04. The first-order valence-corrected chi connectivity index (χ1v) is 11.8. The lowest BCUT2D eigenvalue weighted by atomic mass is 9.94. The summed E-state index contributed by atoms with van der Waals surface area (Å²) in [6.07, 6.45) is 0. The van der Waals surface area contributed by atoms with Gasteiger partial charge < -0.3 is 24.4 Å². The molecule has 37 heavy (non-hydrogen) atoms. The van der Waals surface area contributed by atoms with Crippen LogP contribution in [-0.2, 0) is 9.59 Å². The molecule has 0 saturated carbocycles. The standard InChI is InChI=1S/C28H26ClNO7/c1-5-37-23-13-16(7-10-22(23)36-4)25-24(26(32)18-14-17(29)8-11-21(18)35-3)27(33)28(34)30(25)19-12-15(2)6-9-20(19)31/h6-14,25,31-32H,5H2,1-4H3/b26-24+. The minimum atomic E-state index is -1.11. The van der Waals surface area contributed by atoms with Crippen LogP contribution in [0.2, 0.25) is 5.02 Å². The van der Waals surface area contributed by atoms with E-state index in [1.54, 1.807) is 49.4 Å². The van der Waals surface area contributed by atoms with Crippen molar-refractivity contribution in [2.75, 3.05) is 25.7 Å². The van der Waals surface area contributed by atoms with E-state index in [1.165, 1.54) is 31.3 Å². The van der Waals surface area contributed by atoms with Gasteiger partial charge in [0.15, 0.2) is 11.5 Å². The zero-order valence-corrected chi connectivity index (χ0v) is 21.5. The largest absolute Gasteiger partial charge is 0.507 e. The van der Waals surface area contributed by atoms with Crippen LogP contribution < -0.4 is 19.1 Å². The number of aliphatic hydroxyl groups excluding tert-OH is 1. The number of Topliss-reactive ketones (excluding diaryl/α,β-unsaturated/α-hetero) is 1. The van der Waals surface area contributed by atoms with Crippen LogP contribution in [-0.4, -0.2) is 42.7 Å². The fraction of sp³-hybridized carbons (Fsp3) is 0.214. The number of benzene rings is 3. The van der Waals surface area contributed by atoms with Crippen molar-refractivity contribution < 1.29 is 34.0 Å². The van der Waals surface area contributed by atoms with Crippen LogP contribution in [0, 0.1) is 6.92 Å². The number of methoxy groups -OCH3 is 2. The lowest BCUT2D eigenvalue weighted by Gasteiger charge is -2.27. The number of hydrogen-bond donors (Lipinski definition) is 2. The van der Waals surface area contributed by atoms with Crippen LogP contribution in [0.1, 0.15) is 29.7 Å². The number of aliphatic hydroxyl groups is 1. The Kier molecular flexibility index (Phi) is 7.31. The molecule has 8 nitrogen and oxygen atoms in total. The number of rotatable bonds is 7. The lowest BCUT2D eigenvalue weighted by Crippen LogP contribution is -2.29. The third kappa shape index (κ3) is 4.68. The number of ether oxygens (including phenoxy) is 3. The maximum absolute atomic E-state index is 13.5. The van der Waals surface area contributed by atoms with Gasteiger partial charge in [0.05, 0.1) is 43.7 Å². The summed E-state index contributed by atoms with van der Waals surface area (Å²) in [5.74, 6) is -1.40. The number of phenols is 1. The summed E-state index contributed by atoms with van der Waals surface area (Å²) >= 11 is 6.18. The van der Waals surface area contributed by atoms with Gasteiger partial charge in [-0.1, -0.05) is 23.7 Å². The minimum absolute atomic E-state index is 0.123. The summed E-state index contributed by atoms with van der Waals surface area (Å²) in [5.41, 5.74) is 1.28. The zero-order chi connectivity index (χ0) is 26.9. The first-order chi connectivity index (χ1) is 17.7. The second kappa shape index (κ2) is 10.4. The molecule has 3 aromatic carbocycles. The van der Waals surface area contributed by atoms with Gasteiger partial charge in [-0.25, -0.2) is 0 Å². The molecule has 1 heterocycles. The summed E-state index contributed by atoms with van der Waals surface area (Å²) in [6.45, 7) is 3.96. The van der Waals surface area contributed by atoms with Gasteiger partial charge >= 0.3 is 0 Å². The van der Waals surface area contributed by atoms with Gasteiger partial charge in [0, 0.05) is 5.02 Å². The summed E-state index contributed by atoms with van der Waals surface area (Å²) in [7, 11) is 2.92. The van der Waals surface area contributed by atoms with E-state index < -0.39 is 23.5 Å². The Hall–Kier alpha value is -4.17. The second-order valence-corrected chi connectivity index (χ2v) is 8.79. The summed E-state index contributed by atoms with van der Waals surface area (Å²) in [4.78, 5) is 28.1. The number of aromatic hydroxyl groups is 1. The highest BCUT2D eigenvalue weighted by atomic mass is 35.5. The molecule has 2 N–H and O–H groups in total. The number of carbonyl (C=O) groups excluding carboxylic acids is 2. The van der Waals surface area contributed by atoms with Crippen molar-refractivity contribution in [2.24, 2.45) is 0 Å². The molecule has 1 unspecified atom stereocenters. The number of anilines is 1. The highest BCUT2D eigenvalue weighted by Crippen LogP contribution is 2.47. The highest BCUT2D eigenvalue weighted by molar-refractivity contribution is 6.52. The van der Waals surface area contributed by atoms with Gasteiger partial charge in [-0.15, -0.1) is 0 Å². The predicted molar refractivity (Wildman–Crippen MR) is 140 cm³/mol. The van der Waals surface area contributed by atoms with Crippen molar-refractivity contribution in [3.8, 4) is 23.0 Å². The highest BCUT2D eigenvalue weighted by Gasteiger charge is 2.48. The Morgan fingerprint density at radius 2 is 1.68 bits per heavy atom. The van der Waals surface area contributed by atoms with Crippen molar-refractivity contribution in [3.63, 3.8) is 0 Å². The molecule has 1 atom stereocenters. The van der Waals surface area contributed by atoms with E-state index in [0.717, 1.165) is 5.56 Å². The predicted octanol–water partition coefficient (Wildman–Crippen LogP) is 5.40. The summed E-state index contributed by atoms with van der Waals surface area (Å²) in [6, 6.07) is 13.2. The minimum Gasteiger partial charge on any atom is -0.507 e. The number of halogens is 1. The summed E-state index contributed by atoms with van der Waals surface area (Å²) < 4.78 is 16.5. The first kappa shape index (κ1) is 25.9. The Morgan fingerprint density at radius 3 is 2.35 bits per heavy atom. The molecule has 1 aliphatic rings. The number of carbonyl (C=O) groups is 2. The molecule has 0 bridgehead atoms. The average molecular weight is 524 g/mol. The number of amides is 1. The van der Waals surface area contributed by atoms with E-state index in [-0.39, 0.29) is 28.3 Å². The van der Waals surface area contributed by atoms with Crippen LogP contribution in [0.25, 0.3) is 5.76 Å². The Labute approximate surface area is 219 Å². The van der Waals surface area contributed by atoms with Gasteiger partial charge in [-0.2, -0.15) is 0 Å². The van der Waals surface area contributed by atoms with E-state index in [2.05, 4.69) is 0 Å². The number of hydrogen-bond acceptors (Lipinski definition) is 7. The smallest absolute Gasteiger partial charge is 0.300 e.